The van der Waals surface area contributed by atoms with E-state index in [4.69, 9.17) is 4.74 Å². The highest BCUT2D eigenvalue weighted by molar-refractivity contribution is 8.26. The normalized spacial score (nSPS) is 21.9. The number of anilines is 2. The third-order valence-corrected chi connectivity index (χ3v) is 7.26. The first-order valence-corrected chi connectivity index (χ1v) is 10.8. The van der Waals surface area contributed by atoms with Crippen LogP contribution in [0.3, 0.4) is 0 Å². The number of hydrogen-bond acceptors (Lipinski definition) is 6. The van der Waals surface area contributed by atoms with Gasteiger partial charge in [-0.05, 0) is 41.6 Å². The minimum absolute atomic E-state index is 0.111. The molecular weight excluding hydrogens is 421 g/mol. The number of alkyl halides is 2. The predicted molar refractivity (Wildman–Crippen MR) is 109 cm³/mol. The van der Waals surface area contributed by atoms with Gasteiger partial charge in [0.2, 0.25) is 0 Å². The molecule has 0 bridgehead atoms. The second-order valence-corrected chi connectivity index (χ2v) is 9.27. The van der Waals surface area contributed by atoms with Crippen LogP contribution in [0, 0.1) is 11.7 Å². The molecule has 1 fully saturated rings. The highest BCUT2D eigenvalue weighted by Gasteiger charge is 2.59. The summed E-state index contributed by atoms with van der Waals surface area (Å²) in [7, 11) is -2.06. The Balaban J connectivity index is 1.71. The van der Waals surface area contributed by atoms with Crippen molar-refractivity contribution in [3.63, 3.8) is 0 Å². The number of nitrogens with zero attached hydrogens (tertiary/aromatic N) is 2. The van der Waals surface area contributed by atoms with Gasteiger partial charge in [-0.3, -0.25) is 17.7 Å². The summed E-state index contributed by atoms with van der Waals surface area (Å²) in [6.07, 6.45) is -0.290. The third kappa shape index (κ3) is 3.28. The van der Waals surface area contributed by atoms with Gasteiger partial charge in [-0.1, -0.05) is 18.2 Å². The van der Waals surface area contributed by atoms with Crippen molar-refractivity contribution < 1.29 is 31.8 Å². The van der Waals surface area contributed by atoms with Gasteiger partial charge in [0.15, 0.2) is 0 Å². The lowest BCUT2D eigenvalue weighted by Gasteiger charge is -2.42. The van der Waals surface area contributed by atoms with Crippen molar-refractivity contribution >= 4 is 28.3 Å². The topological polar surface area (TPSA) is 73.2 Å². The molecule has 1 heterocycles. The maximum absolute atomic E-state index is 15.0. The van der Waals surface area contributed by atoms with E-state index in [1.807, 2.05) is 0 Å². The molecule has 1 unspecified atom stereocenters. The number of benzene rings is 2. The monoisotopic (exact) mass is 442 g/mol. The van der Waals surface area contributed by atoms with Crippen LogP contribution >= 0.6 is 11.0 Å². The largest absolute Gasteiger partial charge is 0.462 e. The number of rotatable bonds is 5. The fraction of sp³-hybridized carbons (Fsp3) is 0.350. The Morgan fingerprint density at radius 3 is 2.60 bits per heavy atom. The third-order valence-electron chi connectivity index (χ3n) is 5.39. The molecule has 10 heteroatoms. The zero-order valence-electron chi connectivity index (χ0n) is 16.3. The number of fused-ring (bicyclic) bond motifs is 1. The fourth-order valence-corrected chi connectivity index (χ4v) is 5.06. The summed E-state index contributed by atoms with van der Waals surface area (Å²) in [6, 6.07) is 8.98. The summed E-state index contributed by atoms with van der Waals surface area (Å²) in [5.41, 5.74) is 1.09. The van der Waals surface area contributed by atoms with Crippen LogP contribution in [-0.4, -0.2) is 41.2 Å². The summed E-state index contributed by atoms with van der Waals surface area (Å²) in [5.74, 6) is -5.27. The molecule has 0 aromatic heterocycles. The second kappa shape index (κ2) is 7.07. The molecule has 1 atom stereocenters. The quantitative estimate of drug-likeness (QED) is 0.623. The first kappa shape index (κ1) is 20.8. The van der Waals surface area contributed by atoms with Gasteiger partial charge in [0.25, 0.3) is 5.92 Å². The zero-order chi connectivity index (χ0) is 21.8. The summed E-state index contributed by atoms with van der Waals surface area (Å²) >= 11 is 0. The lowest BCUT2D eigenvalue weighted by molar-refractivity contribution is 0.0521. The average molecular weight is 442 g/mol. The lowest BCUT2D eigenvalue weighted by Crippen LogP contribution is -2.33. The van der Waals surface area contributed by atoms with Crippen LogP contribution in [0.15, 0.2) is 36.4 Å². The van der Waals surface area contributed by atoms with Gasteiger partial charge in [0, 0.05) is 31.5 Å². The Morgan fingerprint density at radius 2 is 1.97 bits per heavy atom. The van der Waals surface area contributed by atoms with Gasteiger partial charge >= 0.3 is 5.97 Å². The first-order chi connectivity index (χ1) is 14.1. The van der Waals surface area contributed by atoms with E-state index in [2.05, 4.69) is 0 Å². The highest BCUT2D eigenvalue weighted by Crippen LogP contribution is 2.63. The highest BCUT2D eigenvalue weighted by atomic mass is 32.3. The molecule has 2 aliphatic rings. The average Bonchev–Trinajstić information content (AvgIpc) is 3.25. The number of ether oxygens (including phenoxy) is 1. The summed E-state index contributed by atoms with van der Waals surface area (Å²) in [6.45, 7) is 1.54. The van der Waals surface area contributed by atoms with Crippen molar-refractivity contribution in [2.75, 3.05) is 28.8 Å². The SMILES string of the molecule is CCOC(=O)c1cccc(-c2ccc3c(c2)N(C)S(O)(O)N3CC2CC2(F)F)c1F. The Kier molecular flexibility index (Phi) is 4.91. The molecule has 6 nitrogen and oxygen atoms in total. The number of carbonyl (C=O) groups excluding carboxylic acids is 1. The van der Waals surface area contributed by atoms with Gasteiger partial charge in [-0.25, -0.2) is 18.0 Å². The van der Waals surface area contributed by atoms with E-state index in [0.29, 0.717) is 16.9 Å². The van der Waals surface area contributed by atoms with Gasteiger partial charge in [-0.2, -0.15) is 0 Å². The fourth-order valence-electron chi connectivity index (χ4n) is 3.55. The summed E-state index contributed by atoms with van der Waals surface area (Å²) < 4.78 is 70.2. The van der Waals surface area contributed by atoms with E-state index < -0.39 is 34.6 Å². The molecule has 162 valence electrons. The second-order valence-electron chi connectivity index (χ2n) is 7.30. The van der Waals surface area contributed by atoms with Crippen LogP contribution in [0.4, 0.5) is 24.5 Å². The van der Waals surface area contributed by atoms with Crippen molar-refractivity contribution in [2.45, 2.75) is 19.3 Å². The summed E-state index contributed by atoms with van der Waals surface area (Å²) in [5, 5.41) is 0. The van der Waals surface area contributed by atoms with E-state index in [0.717, 1.165) is 0 Å². The van der Waals surface area contributed by atoms with E-state index in [-0.39, 0.29) is 30.7 Å². The maximum Gasteiger partial charge on any atom is 0.341 e. The molecule has 2 aromatic carbocycles. The van der Waals surface area contributed by atoms with Crippen molar-refractivity contribution in [1.82, 2.24) is 0 Å². The van der Waals surface area contributed by atoms with Crippen LogP contribution in [0.2, 0.25) is 0 Å². The number of halogens is 3. The predicted octanol–water partition coefficient (Wildman–Crippen LogP) is 5.16. The molecule has 2 aromatic rings. The molecule has 4 rings (SSSR count). The van der Waals surface area contributed by atoms with Crippen molar-refractivity contribution in [3.05, 3.63) is 47.8 Å². The van der Waals surface area contributed by atoms with E-state index in [9.17, 15) is 27.1 Å². The summed E-state index contributed by atoms with van der Waals surface area (Å²) in [4.78, 5) is 12.0. The van der Waals surface area contributed by atoms with Crippen LogP contribution in [0.5, 0.6) is 0 Å². The minimum atomic E-state index is -3.50. The van der Waals surface area contributed by atoms with E-state index in [1.54, 1.807) is 25.1 Å². The Hall–Kier alpha value is -2.43. The standard InChI is InChI=1S/C20H21F3N2O4S/c1-3-29-19(26)15-6-4-5-14(18(15)21)12-7-8-16-17(9-12)24(2)30(27,28)25(16)11-13-10-20(13,22)23/h4-9,13,27-28H,3,10-11H2,1-2H3. The number of esters is 1. The molecular formula is C20H21F3N2O4S. The van der Waals surface area contributed by atoms with Crippen molar-refractivity contribution in [2.24, 2.45) is 5.92 Å². The number of hydrogen-bond donors (Lipinski definition) is 2. The van der Waals surface area contributed by atoms with Crippen LogP contribution in [-0.2, 0) is 4.74 Å². The smallest absolute Gasteiger partial charge is 0.341 e. The van der Waals surface area contributed by atoms with Crippen LogP contribution in [0.1, 0.15) is 23.7 Å². The number of carbonyl (C=O) groups is 1. The van der Waals surface area contributed by atoms with E-state index in [1.165, 1.54) is 33.9 Å². The molecule has 0 spiro atoms. The molecule has 1 saturated carbocycles. The minimum Gasteiger partial charge on any atom is -0.462 e. The molecule has 1 aliphatic carbocycles. The zero-order valence-corrected chi connectivity index (χ0v) is 17.1. The van der Waals surface area contributed by atoms with E-state index >= 15 is 0 Å². The lowest BCUT2D eigenvalue weighted by atomic mass is 10.0. The molecule has 0 saturated heterocycles. The van der Waals surface area contributed by atoms with Crippen LogP contribution < -0.4 is 8.61 Å². The Morgan fingerprint density at radius 1 is 1.27 bits per heavy atom. The van der Waals surface area contributed by atoms with Crippen LogP contribution in [0.25, 0.3) is 11.1 Å². The molecule has 1 aliphatic heterocycles. The molecule has 0 amide bonds. The van der Waals surface area contributed by atoms with Gasteiger partial charge in [0.1, 0.15) is 5.82 Å². The van der Waals surface area contributed by atoms with Gasteiger partial charge in [-0.15, -0.1) is 0 Å². The van der Waals surface area contributed by atoms with Gasteiger partial charge in [0.05, 0.1) is 23.5 Å². The molecule has 0 radical (unpaired) electrons. The first-order valence-electron chi connectivity index (χ1n) is 9.35. The Bertz CT molecular complexity index is 1020. The molecule has 30 heavy (non-hydrogen) atoms. The molecule has 2 N–H and O–H groups in total. The van der Waals surface area contributed by atoms with Crippen molar-refractivity contribution in [1.29, 1.82) is 0 Å². The maximum atomic E-state index is 15.0. The van der Waals surface area contributed by atoms with Crippen molar-refractivity contribution in [3.8, 4) is 11.1 Å². The Labute approximate surface area is 173 Å². The van der Waals surface area contributed by atoms with Gasteiger partial charge < -0.3 is 4.74 Å².